The van der Waals surface area contributed by atoms with Crippen molar-refractivity contribution in [1.29, 1.82) is 0 Å². The van der Waals surface area contributed by atoms with Crippen molar-refractivity contribution >= 4 is 17.5 Å². The van der Waals surface area contributed by atoms with Crippen LogP contribution in [0, 0.1) is 0 Å². The summed E-state index contributed by atoms with van der Waals surface area (Å²) in [5.74, 6) is 0.577. The summed E-state index contributed by atoms with van der Waals surface area (Å²) in [5.41, 5.74) is 6.85. The lowest BCUT2D eigenvalue weighted by Crippen LogP contribution is -2.38. The van der Waals surface area contributed by atoms with Gasteiger partial charge in [-0.05, 0) is 50.8 Å². The molecule has 0 aromatic heterocycles. The number of hydrogen-bond acceptors (Lipinski definition) is 3. The van der Waals surface area contributed by atoms with Crippen LogP contribution in [0.2, 0.25) is 5.02 Å². The molecule has 1 heterocycles. The molecular weight excluding hydrogens is 288 g/mol. The van der Waals surface area contributed by atoms with E-state index in [1.54, 1.807) is 6.92 Å². The second-order valence-electron chi connectivity index (χ2n) is 5.74. The Morgan fingerprint density at radius 2 is 2.05 bits per heavy atom. The fraction of sp³-hybridized carbons (Fsp3) is 0.562. The van der Waals surface area contributed by atoms with E-state index in [1.165, 1.54) is 0 Å². The molecule has 0 bridgehead atoms. The zero-order valence-corrected chi connectivity index (χ0v) is 13.4. The molecule has 4 nitrogen and oxygen atoms in total. The second kappa shape index (κ2) is 7.14. The third kappa shape index (κ3) is 4.35. The Balaban J connectivity index is 2.00. The summed E-state index contributed by atoms with van der Waals surface area (Å²) in [7, 11) is 0. The molecule has 1 aromatic rings. The number of amides is 1. The highest BCUT2D eigenvalue weighted by Crippen LogP contribution is 2.27. The van der Waals surface area contributed by atoms with Crippen LogP contribution in [0.4, 0.5) is 0 Å². The van der Waals surface area contributed by atoms with E-state index in [0.717, 1.165) is 37.9 Å². The minimum Gasteiger partial charge on any atom is -0.479 e. The Morgan fingerprint density at radius 3 is 2.62 bits per heavy atom. The molecule has 1 aliphatic heterocycles. The molecule has 1 aliphatic rings. The van der Waals surface area contributed by atoms with Crippen LogP contribution >= 0.6 is 11.6 Å². The predicted molar refractivity (Wildman–Crippen MR) is 84.7 cm³/mol. The van der Waals surface area contributed by atoms with E-state index < -0.39 is 6.10 Å². The quantitative estimate of drug-likeness (QED) is 0.909. The lowest BCUT2D eigenvalue weighted by Gasteiger charge is -2.21. The highest BCUT2D eigenvalue weighted by molar-refractivity contribution is 6.32. The van der Waals surface area contributed by atoms with Crippen molar-refractivity contribution in [3.05, 3.63) is 28.8 Å². The Labute approximate surface area is 131 Å². The summed E-state index contributed by atoms with van der Waals surface area (Å²) in [5, 5.41) is 0.522. The third-order valence-electron chi connectivity index (χ3n) is 3.62. The molecule has 2 rings (SSSR count). The van der Waals surface area contributed by atoms with Gasteiger partial charge in [0.2, 0.25) is 0 Å². The first-order chi connectivity index (χ1) is 9.97. The Kier molecular flexibility index (Phi) is 5.48. The van der Waals surface area contributed by atoms with Crippen molar-refractivity contribution < 1.29 is 9.53 Å². The molecular formula is C16H23ClN2O2. The number of nitrogens with zero attached hydrogens (tertiary/aromatic N) is 1. The van der Waals surface area contributed by atoms with Crippen molar-refractivity contribution in [2.45, 2.75) is 45.3 Å². The molecule has 1 aromatic carbocycles. The average Bonchev–Trinajstić information content (AvgIpc) is 2.94. The van der Waals surface area contributed by atoms with Crippen LogP contribution in [0.25, 0.3) is 0 Å². The van der Waals surface area contributed by atoms with Gasteiger partial charge in [-0.1, -0.05) is 17.7 Å². The summed E-state index contributed by atoms with van der Waals surface area (Å²) in [6, 6.07) is 5.70. The van der Waals surface area contributed by atoms with E-state index in [9.17, 15) is 4.79 Å². The monoisotopic (exact) mass is 310 g/mol. The fourth-order valence-corrected chi connectivity index (χ4v) is 2.82. The number of likely N-dealkylation sites (tertiary alicyclic amines) is 1. The van der Waals surface area contributed by atoms with Gasteiger partial charge in [0, 0.05) is 19.1 Å². The van der Waals surface area contributed by atoms with Gasteiger partial charge in [-0.3, -0.25) is 4.79 Å². The second-order valence-corrected chi connectivity index (χ2v) is 6.15. The predicted octanol–water partition coefficient (Wildman–Crippen LogP) is 2.62. The van der Waals surface area contributed by atoms with E-state index in [1.807, 2.05) is 30.0 Å². The molecule has 2 N–H and O–H groups in total. The first-order valence-electron chi connectivity index (χ1n) is 7.47. The van der Waals surface area contributed by atoms with Crippen LogP contribution in [0.5, 0.6) is 5.75 Å². The molecule has 1 fully saturated rings. The first kappa shape index (κ1) is 16.1. The zero-order valence-electron chi connectivity index (χ0n) is 12.6. The molecule has 21 heavy (non-hydrogen) atoms. The lowest BCUT2D eigenvalue weighted by atomic mass is 10.1. The topological polar surface area (TPSA) is 55.6 Å². The van der Waals surface area contributed by atoms with Gasteiger partial charge in [0.05, 0.1) is 5.02 Å². The van der Waals surface area contributed by atoms with E-state index in [0.29, 0.717) is 10.8 Å². The SMILES string of the molecule is CC(N)Cc1ccc(OC(C)C(=O)N2CCCC2)c(Cl)c1. The van der Waals surface area contributed by atoms with Crippen LogP contribution in [0.15, 0.2) is 18.2 Å². The molecule has 2 unspecified atom stereocenters. The van der Waals surface area contributed by atoms with Gasteiger partial charge >= 0.3 is 0 Å². The van der Waals surface area contributed by atoms with E-state index in [-0.39, 0.29) is 11.9 Å². The van der Waals surface area contributed by atoms with Crippen molar-refractivity contribution in [3.8, 4) is 5.75 Å². The van der Waals surface area contributed by atoms with Gasteiger partial charge in [0.1, 0.15) is 5.75 Å². The zero-order chi connectivity index (χ0) is 15.4. The molecule has 1 saturated heterocycles. The van der Waals surface area contributed by atoms with Gasteiger partial charge in [-0.2, -0.15) is 0 Å². The first-order valence-corrected chi connectivity index (χ1v) is 7.84. The van der Waals surface area contributed by atoms with Gasteiger partial charge in [0.15, 0.2) is 6.10 Å². The molecule has 0 spiro atoms. The maximum Gasteiger partial charge on any atom is 0.263 e. The van der Waals surface area contributed by atoms with Gasteiger partial charge in [0.25, 0.3) is 5.91 Å². The number of rotatable bonds is 5. The number of ether oxygens (including phenoxy) is 1. The average molecular weight is 311 g/mol. The minimum absolute atomic E-state index is 0.0308. The van der Waals surface area contributed by atoms with Gasteiger partial charge < -0.3 is 15.4 Å². The molecule has 0 radical (unpaired) electrons. The van der Waals surface area contributed by atoms with Crippen molar-refractivity contribution in [2.24, 2.45) is 5.73 Å². The smallest absolute Gasteiger partial charge is 0.263 e. The number of benzene rings is 1. The summed E-state index contributed by atoms with van der Waals surface area (Å²) < 4.78 is 5.72. The summed E-state index contributed by atoms with van der Waals surface area (Å²) in [6.45, 7) is 5.38. The van der Waals surface area contributed by atoms with Crippen LogP contribution in [0.3, 0.4) is 0 Å². The standard InChI is InChI=1S/C16H23ClN2O2/c1-11(18)9-13-5-6-15(14(17)10-13)21-12(2)16(20)19-7-3-4-8-19/h5-6,10-12H,3-4,7-9,18H2,1-2H3. The van der Waals surface area contributed by atoms with E-state index in [2.05, 4.69) is 0 Å². The van der Waals surface area contributed by atoms with Gasteiger partial charge in [-0.25, -0.2) is 0 Å². The van der Waals surface area contributed by atoms with Crippen LogP contribution in [-0.4, -0.2) is 36.0 Å². The Bertz CT molecular complexity index is 499. The third-order valence-corrected chi connectivity index (χ3v) is 3.92. The molecule has 1 amide bonds. The highest BCUT2D eigenvalue weighted by Gasteiger charge is 2.25. The number of halogens is 1. The summed E-state index contributed by atoms with van der Waals surface area (Å²) >= 11 is 6.23. The Morgan fingerprint density at radius 1 is 1.38 bits per heavy atom. The van der Waals surface area contributed by atoms with Gasteiger partial charge in [-0.15, -0.1) is 0 Å². The number of carbonyl (C=O) groups is 1. The van der Waals surface area contributed by atoms with Crippen LogP contribution in [-0.2, 0) is 11.2 Å². The Hall–Kier alpha value is -1.26. The molecule has 2 atom stereocenters. The summed E-state index contributed by atoms with van der Waals surface area (Å²) in [6.07, 6.45) is 2.40. The maximum atomic E-state index is 12.2. The number of carbonyl (C=O) groups excluding carboxylic acids is 1. The number of hydrogen-bond donors (Lipinski definition) is 1. The van der Waals surface area contributed by atoms with E-state index in [4.69, 9.17) is 22.1 Å². The highest BCUT2D eigenvalue weighted by atomic mass is 35.5. The normalized spacial score (nSPS) is 17.6. The largest absolute Gasteiger partial charge is 0.479 e. The van der Waals surface area contributed by atoms with Crippen molar-refractivity contribution in [1.82, 2.24) is 4.90 Å². The van der Waals surface area contributed by atoms with Crippen LogP contribution in [0.1, 0.15) is 32.3 Å². The van der Waals surface area contributed by atoms with Crippen LogP contribution < -0.4 is 10.5 Å². The summed E-state index contributed by atoms with van der Waals surface area (Å²) in [4.78, 5) is 14.1. The molecule has 116 valence electrons. The van der Waals surface area contributed by atoms with Crippen molar-refractivity contribution in [2.75, 3.05) is 13.1 Å². The minimum atomic E-state index is -0.514. The molecule has 0 saturated carbocycles. The number of nitrogens with two attached hydrogens (primary N) is 1. The molecule has 5 heteroatoms. The fourth-order valence-electron chi connectivity index (χ4n) is 2.57. The molecule has 0 aliphatic carbocycles. The van der Waals surface area contributed by atoms with Crippen molar-refractivity contribution in [3.63, 3.8) is 0 Å². The maximum absolute atomic E-state index is 12.2. The van der Waals surface area contributed by atoms with E-state index >= 15 is 0 Å². The lowest BCUT2D eigenvalue weighted by molar-refractivity contribution is -0.136.